The Balaban J connectivity index is 1.84. The Kier molecular flexibility index (Phi) is 8.34. The molecule has 0 aromatic heterocycles. The van der Waals surface area contributed by atoms with Gasteiger partial charge in [0.25, 0.3) is 11.7 Å². The van der Waals surface area contributed by atoms with Gasteiger partial charge in [-0.05, 0) is 79.4 Å². The van der Waals surface area contributed by atoms with Crippen molar-refractivity contribution < 1.29 is 34.1 Å². The zero-order valence-corrected chi connectivity index (χ0v) is 22.1. The van der Waals surface area contributed by atoms with E-state index in [0.29, 0.717) is 35.6 Å². The number of rotatable bonds is 9. The number of hydrogen-bond acceptors (Lipinski definition) is 7. The Bertz CT molecular complexity index is 1430. The fraction of sp³-hybridized carbons (Fsp3) is 0.258. The highest BCUT2D eigenvalue weighted by molar-refractivity contribution is 6.51. The highest BCUT2D eigenvalue weighted by atomic mass is 16.5. The molecule has 8 heteroatoms. The van der Waals surface area contributed by atoms with Gasteiger partial charge in [0, 0.05) is 11.3 Å². The van der Waals surface area contributed by atoms with Crippen LogP contribution in [-0.4, -0.2) is 41.1 Å². The predicted octanol–water partition coefficient (Wildman–Crippen LogP) is 5.68. The molecule has 39 heavy (non-hydrogen) atoms. The van der Waals surface area contributed by atoms with E-state index in [9.17, 15) is 24.6 Å². The quantitative estimate of drug-likeness (QED) is 0.159. The number of Topliss-reactive ketones (excluding diaryl/α,β-unsaturated/α-hetero) is 1. The normalized spacial score (nSPS) is 16.4. The molecule has 0 radical (unpaired) electrons. The van der Waals surface area contributed by atoms with E-state index in [-0.39, 0.29) is 29.3 Å². The van der Waals surface area contributed by atoms with Gasteiger partial charge in [-0.1, -0.05) is 32.0 Å². The molecule has 1 saturated heterocycles. The minimum Gasteiger partial charge on any atom is -0.508 e. The summed E-state index contributed by atoms with van der Waals surface area (Å²) in [4.78, 5) is 40.6. The van der Waals surface area contributed by atoms with Gasteiger partial charge in [0.1, 0.15) is 17.3 Å². The van der Waals surface area contributed by atoms with E-state index in [0.717, 1.165) is 12.0 Å². The number of amides is 1. The Labute approximate surface area is 227 Å². The molecule has 1 fully saturated rings. The first-order valence-corrected chi connectivity index (χ1v) is 12.9. The van der Waals surface area contributed by atoms with Gasteiger partial charge in [-0.25, -0.2) is 4.79 Å². The maximum Gasteiger partial charge on any atom is 0.338 e. The van der Waals surface area contributed by atoms with E-state index in [1.54, 1.807) is 48.5 Å². The number of ether oxygens (including phenoxy) is 2. The SMILES string of the molecule is CCCOC(=O)c1cccc(N2C(=O)C(=O)/C(=C(/O)c3ccc(OCCC)c(C)c3)C2c2ccc(O)cc2)c1. The zero-order chi connectivity index (χ0) is 28.1. The van der Waals surface area contributed by atoms with Crippen LogP contribution in [0.1, 0.15) is 59.8 Å². The number of aliphatic hydroxyl groups excluding tert-OH is 1. The van der Waals surface area contributed by atoms with Crippen LogP contribution in [0.25, 0.3) is 5.76 Å². The van der Waals surface area contributed by atoms with Crippen molar-refractivity contribution in [3.63, 3.8) is 0 Å². The molecular weight excluding hydrogens is 498 g/mol. The van der Waals surface area contributed by atoms with Gasteiger partial charge >= 0.3 is 5.97 Å². The van der Waals surface area contributed by atoms with Gasteiger partial charge in [0.05, 0.1) is 30.4 Å². The van der Waals surface area contributed by atoms with E-state index in [4.69, 9.17) is 9.47 Å². The molecule has 8 nitrogen and oxygen atoms in total. The predicted molar refractivity (Wildman–Crippen MR) is 147 cm³/mol. The van der Waals surface area contributed by atoms with Gasteiger partial charge in [0.2, 0.25) is 0 Å². The molecule has 1 aliphatic heterocycles. The monoisotopic (exact) mass is 529 g/mol. The molecule has 0 bridgehead atoms. The number of esters is 1. The van der Waals surface area contributed by atoms with Crippen molar-refractivity contribution in [2.24, 2.45) is 0 Å². The first-order chi connectivity index (χ1) is 18.8. The van der Waals surface area contributed by atoms with Gasteiger partial charge in [-0.2, -0.15) is 0 Å². The maximum atomic E-state index is 13.4. The number of aryl methyl sites for hydroxylation is 1. The molecule has 1 atom stereocenters. The van der Waals surface area contributed by atoms with Crippen LogP contribution in [0.15, 0.2) is 72.3 Å². The molecule has 3 aromatic rings. The van der Waals surface area contributed by atoms with Crippen molar-refractivity contribution in [1.29, 1.82) is 0 Å². The van der Waals surface area contributed by atoms with Crippen LogP contribution in [0.5, 0.6) is 11.5 Å². The van der Waals surface area contributed by atoms with Crippen LogP contribution in [0.3, 0.4) is 0 Å². The summed E-state index contributed by atoms with van der Waals surface area (Å²) >= 11 is 0. The van der Waals surface area contributed by atoms with Gasteiger partial charge in [-0.15, -0.1) is 0 Å². The number of carbonyl (C=O) groups is 3. The molecule has 1 aliphatic rings. The van der Waals surface area contributed by atoms with Gasteiger partial charge < -0.3 is 19.7 Å². The van der Waals surface area contributed by atoms with Crippen LogP contribution in [0.2, 0.25) is 0 Å². The summed E-state index contributed by atoms with van der Waals surface area (Å²) in [5.41, 5.74) is 2.03. The topological polar surface area (TPSA) is 113 Å². The van der Waals surface area contributed by atoms with Crippen LogP contribution in [-0.2, 0) is 14.3 Å². The Morgan fingerprint density at radius 2 is 1.64 bits per heavy atom. The summed E-state index contributed by atoms with van der Waals surface area (Å²) in [6.07, 6.45) is 1.50. The number of benzene rings is 3. The highest BCUT2D eigenvalue weighted by Gasteiger charge is 2.47. The molecule has 3 aromatic carbocycles. The van der Waals surface area contributed by atoms with Crippen LogP contribution in [0.4, 0.5) is 5.69 Å². The van der Waals surface area contributed by atoms with E-state index >= 15 is 0 Å². The summed E-state index contributed by atoms with van der Waals surface area (Å²) in [6.45, 7) is 6.52. The van der Waals surface area contributed by atoms with E-state index in [2.05, 4.69) is 0 Å². The molecule has 0 spiro atoms. The van der Waals surface area contributed by atoms with Crippen molar-refractivity contribution >= 4 is 29.1 Å². The van der Waals surface area contributed by atoms with Gasteiger partial charge in [0.15, 0.2) is 0 Å². The van der Waals surface area contributed by atoms with Crippen LogP contribution in [0, 0.1) is 6.92 Å². The third-order valence-corrected chi connectivity index (χ3v) is 6.36. The summed E-state index contributed by atoms with van der Waals surface area (Å²) in [5, 5.41) is 21.3. The van der Waals surface area contributed by atoms with Crippen molar-refractivity contribution in [2.75, 3.05) is 18.1 Å². The lowest BCUT2D eigenvalue weighted by atomic mass is 9.94. The molecule has 2 N–H and O–H groups in total. The van der Waals surface area contributed by atoms with Crippen molar-refractivity contribution in [3.8, 4) is 11.5 Å². The molecule has 202 valence electrons. The molecule has 0 saturated carbocycles. The Morgan fingerprint density at radius 3 is 2.31 bits per heavy atom. The van der Waals surface area contributed by atoms with E-state index in [1.165, 1.54) is 23.1 Å². The fourth-order valence-electron chi connectivity index (χ4n) is 4.46. The number of ketones is 1. The van der Waals surface area contributed by atoms with Gasteiger partial charge in [-0.3, -0.25) is 14.5 Å². The molecule has 0 aliphatic carbocycles. The Morgan fingerprint density at radius 1 is 0.923 bits per heavy atom. The number of aliphatic hydroxyl groups is 1. The first-order valence-electron chi connectivity index (χ1n) is 12.9. The molecule has 1 heterocycles. The smallest absolute Gasteiger partial charge is 0.338 e. The number of aromatic hydroxyl groups is 1. The number of phenols is 1. The molecule has 4 rings (SSSR count). The third kappa shape index (κ3) is 5.65. The van der Waals surface area contributed by atoms with Crippen molar-refractivity contribution in [2.45, 2.75) is 39.7 Å². The highest BCUT2D eigenvalue weighted by Crippen LogP contribution is 2.43. The van der Waals surface area contributed by atoms with Crippen LogP contribution < -0.4 is 9.64 Å². The third-order valence-electron chi connectivity index (χ3n) is 6.36. The molecular formula is C31H31NO7. The summed E-state index contributed by atoms with van der Waals surface area (Å²) in [5.74, 6) is -1.93. The lowest BCUT2D eigenvalue weighted by Gasteiger charge is -2.26. The largest absolute Gasteiger partial charge is 0.508 e. The van der Waals surface area contributed by atoms with Crippen molar-refractivity contribution in [3.05, 3.63) is 94.6 Å². The van der Waals surface area contributed by atoms with E-state index in [1.807, 2.05) is 20.8 Å². The van der Waals surface area contributed by atoms with Crippen LogP contribution >= 0.6 is 0 Å². The second-order valence-electron chi connectivity index (χ2n) is 9.28. The minimum atomic E-state index is -1.01. The standard InChI is InChI=1S/C31H31NO7/c1-4-15-38-25-14-11-21(17-19(25)3)28(34)26-27(20-9-12-24(33)13-10-20)32(30(36)29(26)35)23-8-6-7-22(18-23)31(37)39-16-5-2/h6-14,17-18,27,33-34H,4-5,15-16H2,1-3H3/b28-26+. The molecule has 1 amide bonds. The number of anilines is 1. The summed E-state index contributed by atoms with van der Waals surface area (Å²) in [6, 6.07) is 16.4. The number of carbonyl (C=O) groups excluding carboxylic acids is 3. The second kappa shape index (κ2) is 11.9. The second-order valence-corrected chi connectivity index (χ2v) is 9.28. The molecule has 1 unspecified atom stereocenters. The lowest BCUT2D eigenvalue weighted by molar-refractivity contribution is -0.132. The summed E-state index contributed by atoms with van der Waals surface area (Å²) < 4.78 is 11.0. The number of phenolic OH excluding ortho intramolecular Hbond substituents is 1. The Hall–Kier alpha value is -4.59. The lowest BCUT2D eigenvalue weighted by Crippen LogP contribution is -2.29. The summed E-state index contributed by atoms with van der Waals surface area (Å²) in [7, 11) is 0. The fourth-order valence-corrected chi connectivity index (χ4v) is 4.46. The average Bonchev–Trinajstić information content (AvgIpc) is 3.21. The van der Waals surface area contributed by atoms with E-state index < -0.39 is 23.7 Å². The zero-order valence-electron chi connectivity index (χ0n) is 22.1. The average molecular weight is 530 g/mol. The van der Waals surface area contributed by atoms with Crippen molar-refractivity contribution in [1.82, 2.24) is 0 Å². The maximum absolute atomic E-state index is 13.4. The number of hydrogen-bond donors (Lipinski definition) is 2. The number of nitrogens with zero attached hydrogens (tertiary/aromatic N) is 1. The minimum absolute atomic E-state index is 0.00895. The first kappa shape index (κ1) is 27.4.